The lowest BCUT2D eigenvalue weighted by Gasteiger charge is -2.22. The predicted octanol–water partition coefficient (Wildman–Crippen LogP) is 0.475. The molecule has 80 valence electrons. The Hall–Kier alpha value is -0.130. The lowest BCUT2D eigenvalue weighted by Crippen LogP contribution is -2.42. The van der Waals surface area contributed by atoms with Crippen molar-refractivity contribution >= 4 is 10.0 Å². The van der Waals surface area contributed by atoms with Crippen LogP contribution in [0.2, 0.25) is 0 Å². The van der Waals surface area contributed by atoms with Gasteiger partial charge in [-0.25, -0.2) is 13.1 Å². The lowest BCUT2D eigenvalue weighted by molar-refractivity contribution is 0.0613. The third kappa shape index (κ3) is 4.59. The highest BCUT2D eigenvalue weighted by Gasteiger charge is 2.22. The van der Waals surface area contributed by atoms with Gasteiger partial charge in [0.2, 0.25) is 10.0 Å². The van der Waals surface area contributed by atoms with E-state index in [9.17, 15) is 13.5 Å². The average Bonchev–Trinajstić information content (AvgIpc) is 2.01. The SMILES string of the molecule is CCC(C)(O)CNS(=O)(=O)C(C)C. The summed E-state index contributed by atoms with van der Waals surface area (Å²) in [6.45, 7) is 6.69. The molecule has 1 atom stereocenters. The van der Waals surface area contributed by atoms with Crippen LogP contribution in [0, 0.1) is 0 Å². The molecule has 0 aromatic heterocycles. The van der Waals surface area contributed by atoms with Crippen LogP contribution in [0.25, 0.3) is 0 Å². The number of rotatable bonds is 5. The molecule has 0 aromatic rings. The maximum absolute atomic E-state index is 11.3. The van der Waals surface area contributed by atoms with Gasteiger partial charge in [-0.05, 0) is 27.2 Å². The lowest BCUT2D eigenvalue weighted by atomic mass is 10.1. The summed E-state index contributed by atoms with van der Waals surface area (Å²) in [4.78, 5) is 0. The molecular weight excluding hydrogens is 190 g/mol. The van der Waals surface area contributed by atoms with Crippen LogP contribution < -0.4 is 4.72 Å². The van der Waals surface area contributed by atoms with Crippen LogP contribution in [-0.2, 0) is 10.0 Å². The van der Waals surface area contributed by atoms with Crippen molar-refractivity contribution in [3.05, 3.63) is 0 Å². The second kappa shape index (κ2) is 4.39. The molecule has 0 bridgehead atoms. The first-order valence-electron chi connectivity index (χ1n) is 4.42. The van der Waals surface area contributed by atoms with Crippen LogP contribution in [-0.4, -0.2) is 30.9 Å². The zero-order chi connectivity index (χ0) is 10.7. The van der Waals surface area contributed by atoms with Gasteiger partial charge >= 0.3 is 0 Å². The topological polar surface area (TPSA) is 66.4 Å². The first-order chi connectivity index (χ1) is 5.71. The second-order valence-corrected chi connectivity index (χ2v) is 6.09. The molecule has 1 unspecified atom stereocenters. The Morgan fingerprint density at radius 1 is 1.46 bits per heavy atom. The van der Waals surface area contributed by atoms with Gasteiger partial charge in [0.05, 0.1) is 10.9 Å². The Balaban J connectivity index is 4.19. The van der Waals surface area contributed by atoms with E-state index in [4.69, 9.17) is 0 Å². The summed E-state index contributed by atoms with van der Waals surface area (Å²) in [5, 5.41) is 9.08. The first kappa shape index (κ1) is 12.9. The third-order valence-corrected chi connectivity index (χ3v) is 3.82. The van der Waals surface area contributed by atoms with Gasteiger partial charge in [-0.15, -0.1) is 0 Å². The van der Waals surface area contributed by atoms with Crippen molar-refractivity contribution in [3.8, 4) is 0 Å². The molecule has 2 N–H and O–H groups in total. The van der Waals surface area contributed by atoms with E-state index in [0.29, 0.717) is 6.42 Å². The summed E-state index contributed by atoms with van der Waals surface area (Å²) < 4.78 is 24.9. The van der Waals surface area contributed by atoms with Crippen molar-refractivity contribution in [1.29, 1.82) is 0 Å². The Bertz CT molecular complexity index is 244. The van der Waals surface area contributed by atoms with Crippen molar-refractivity contribution in [1.82, 2.24) is 4.72 Å². The van der Waals surface area contributed by atoms with E-state index in [1.165, 1.54) is 0 Å². The highest BCUT2D eigenvalue weighted by Crippen LogP contribution is 2.07. The van der Waals surface area contributed by atoms with Gasteiger partial charge in [-0.2, -0.15) is 0 Å². The van der Waals surface area contributed by atoms with Crippen molar-refractivity contribution in [3.63, 3.8) is 0 Å². The largest absolute Gasteiger partial charge is 0.389 e. The predicted molar refractivity (Wildman–Crippen MR) is 53.0 cm³/mol. The van der Waals surface area contributed by atoms with Crippen LogP contribution in [0.1, 0.15) is 34.1 Å². The maximum atomic E-state index is 11.3. The first-order valence-corrected chi connectivity index (χ1v) is 5.97. The van der Waals surface area contributed by atoms with Crippen LogP contribution in [0.4, 0.5) is 0 Å². The van der Waals surface area contributed by atoms with Crippen LogP contribution >= 0.6 is 0 Å². The fourth-order valence-electron chi connectivity index (χ4n) is 0.548. The Morgan fingerprint density at radius 3 is 2.23 bits per heavy atom. The Labute approximate surface area is 80.4 Å². The van der Waals surface area contributed by atoms with Crippen LogP contribution in [0.3, 0.4) is 0 Å². The summed E-state index contributed by atoms with van der Waals surface area (Å²) in [6, 6.07) is 0. The van der Waals surface area contributed by atoms with Gasteiger partial charge < -0.3 is 5.11 Å². The molecule has 0 rings (SSSR count). The van der Waals surface area contributed by atoms with Gasteiger partial charge in [-0.3, -0.25) is 0 Å². The highest BCUT2D eigenvalue weighted by molar-refractivity contribution is 7.90. The zero-order valence-corrected chi connectivity index (χ0v) is 9.48. The van der Waals surface area contributed by atoms with Crippen molar-refractivity contribution < 1.29 is 13.5 Å². The maximum Gasteiger partial charge on any atom is 0.214 e. The molecule has 4 nitrogen and oxygen atoms in total. The number of nitrogens with one attached hydrogen (secondary N) is 1. The van der Waals surface area contributed by atoms with E-state index in [0.717, 1.165) is 0 Å². The normalized spacial score (nSPS) is 17.4. The standard InChI is InChI=1S/C8H19NO3S/c1-5-8(4,10)6-9-13(11,12)7(2)3/h7,9-10H,5-6H2,1-4H3. The zero-order valence-electron chi connectivity index (χ0n) is 8.66. The van der Waals surface area contributed by atoms with E-state index in [-0.39, 0.29) is 6.54 Å². The average molecular weight is 209 g/mol. The number of hydrogen-bond donors (Lipinski definition) is 2. The molecular formula is C8H19NO3S. The minimum Gasteiger partial charge on any atom is -0.389 e. The fraction of sp³-hybridized carbons (Fsp3) is 1.00. The third-order valence-electron chi connectivity index (χ3n) is 2.04. The van der Waals surface area contributed by atoms with E-state index in [2.05, 4.69) is 4.72 Å². The summed E-state index contributed by atoms with van der Waals surface area (Å²) in [5.74, 6) is 0. The van der Waals surface area contributed by atoms with Gasteiger partial charge in [0.25, 0.3) is 0 Å². The van der Waals surface area contributed by atoms with E-state index >= 15 is 0 Å². The van der Waals surface area contributed by atoms with Gasteiger partial charge in [0, 0.05) is 6.54 Å². The molecule has 0 aromatic carbocycles. The summed E-state index contributed by atoms with van der Waals surface area (Å²) in [7, 11) is -3.25. The molecule has 0 saturated heterocycles. The number of sulfonamides is 1. The van der Waals surface area contributed by atoms with Gasteiger partial charge in [0.1, 0.15) is 0 Å². The molecule has 0 amide bonds. The quantitative estimate of drug-likeness (QED) is 0.692. The summed E-state index contributed by atoms with van der Waals surface area (Å²) in [5.41, 5.74) is -0.956. The van der Waals surface area contributed by atoms with E-state index < -0.39 is 20.9 Å². The monoisotopic (exact) mass is 209 g/mol. The molecule has 0 aliphatic rings. The molecule has 0 radical (unpaired) electrons. The number of aliphatic hydroxyl groups is 1. The molecule has 13 heavy (non-hydrogen) atoms. The second-order valence-electron chi connectivity index (χ2n) is 3.77. The van der Waals surface area contributed by atoms with Crippen molar-refractivity contribution in [2.45, 2.75) is 45.0 Å². The highest BCUT2D eigenvalue weighted by atomic mass is 32.2. The number of hydrogen-bond acceptors (Lipinski definition) is 3. The molecule has 0 fully saturated rings. The Kier molecular flexibility index (Phi) is 4.35. The molecule has 0 aliphatic heterocycles. The minimum absolute atomic E-state index is 0.0734. The van der Waals surface area contributed by atoms with E-state index in [1.54, 1.807) is 20.8 Å². The smallest absolute Gasteiger partial charge is 0.214 e. The molecule has 0 heterocycles. The molecule has 0 saturated carbocycles. The van der Waals surface area contributed by atoms with Gasteiger partial charge in [0.15, 0.2) is 0 Å². The fourth-order valence-corrected chi connectivity index (χ4v) is 1.39. The minimum atomic E-state index is -3.25. The molecule has 0 spiro atoms. The Morgan fingerprint density at radius 2 is 1.92 bits per heavy atom. The van der Waals surface area contributed by atoms with Crippen molar-refractivity contribution in [2.24, 2.45) is 0 Å². The summed E-state index contributed by atoms with van der Waals surface area (Å²) in [6.07, 6.45) is 0.521. The van der Waals surface area contributed by atoms with Crippen LogP contribution in [0.15, 0.2) is 0 Å². The molecule has 5 heteroatoms. The van der Waals surface area contributed by atoms with Crippen molar-refractivity contribution in [2.75, 3.05) is 6.54 Å². The summed E-state index contributed by atoms with van der Waals surface area (Å²) >= 11 is 0. The van der Waals surface area contributed by atoms with E-state index in [1.807, 2.05) is 6.92 Å². The van der Waals surface area contributed by atoms with Crippen LogP contribution in [0.5, 0.6) is 0 Å². The van der Waals surface area contributed by atoms with Gasteiger partial charge in [-0.1, -0.05) is 6.92 Å². The molecule has 0 aliphatic carbocycles.